The Hall–Kier alpha value is -3.34. The molecule has 26 heavy (non-hydrogen) atoms. The molecule has 0 saturated carbocycles. The molecule has 0 saturated heterocycles. The summed E-state index contributed by atoms with van der Waals surface area (Å²) in [4.78, 5) is 17.9. The number of nitrogens with zero attached hydrogens (tertiary/aromatic N) is 2. The third-order valence-corrected chi connectivity index (χ3v) is 3.73. The summed E-state index contributed by atoms with van der Waals surface area (Å²) in [5.74, 6) is 1.71. The first-order valence-electron chi connectivity index (χ1n) is 8.30. The molecule has 0 unspecified atom stereocenters. The van der Waals surface area contributed by atoms with Crippen molar-refractivity contribution in [2.24, 2.45) is 0 Å². The van der Waals surface area contributed by atoms with E-state index in [1.807, 2.05) is 42.5 Å². The number of pyridine rings is 1. The summed E-state index contributed by atoms with van der Waals surface area (Å²) in [5, 5.41) is 0. The molecule has 0 spiro atoms. The molecule has 0 aliphatic carbocycles. The van der Waals surface area contributed by atoms with Crippen LogP contribution in [0, 0.1) is 0 Å². The van der Waals surface area contributed by atoms with Crippen molar-refractivity contribution in [3.63, 3.8) is 0 Å². The van der Waals surface area contributed by atoms with E-state index >= 15 is 0 Å². The van der Waals surface area contributed by atoms with E-state index in [-0.39, 0.29) is 12.5 Å². The van der Waals surface area contributed by atoms with Crippen molar-refractivity contribution in [1.29, 1.82) is 0 Å². The van der Waals surface area contributed by atoms with Gasteiger partial charge in [-0.2, -0.15) is 0 Å². The van der Waals surface area contributed by atoms with Crippen LogP contribution >= 0.6 is 0 Å². The van der Waals surface area contributed by atoms with E-state index in [1.165, 1.54) is 0 Å². The number of rotatable bonds is 7. The maximum absolute atomic E-state index is 12.2. The van der Waals surface area contributed by atoms with Gasteiger partial charge in [-0.1, -0.05) is 36.4 Å². The molecule has 0 aliphatic rings. The van der Waals surface area contributed by atoms with Crippen molar-refractivity contribution in [1.82, 2.24) is 9.88 Å². The lowest BCUT2D eigenvalue weighted by molar-refractivity contribution is -0.132. The molecule has 0 fully saturated rings. The van der Waals surface area contributed by atoms with Crippen LogP contribution in [0.1, 0.15) is 5.56 Å². The molecule has 0 N–H and O–H groups in total. The Balaban J connectivity index is 1.49. The number of benzene rings is 2. The molecule has 3 rings (SSSR count). The van der Waals surface area contributed by atoms with Gasteiger partial charge in [0.25, 0.3) is 5.91 Å². The van der Waals surface area contributed by atoms with Gasteiger partial charge < -0.3 is 14.4 Å². The topological polar surface area (TPSA) is 51.7 Å². The van der Waals surface area contributed by atoms with Crippen LogP contribution < -0.4 is 9.47 Å². The Morgan fingerprint density at radius 3 is 2.31 bits per heavy atom. The average molecular weight is 348 g/mol. The van der Waals surface area contributed by atoms with E-state index in [0.717, 1.165) is 5.56 Å². The molecule has 0 aliphatic heterocycles. The van der Waals surface area contributed by atoms with Gasteiger partial charge in [0, 0.05) is 25.9 Å². The summed E-state index contributed by atoms with van der Waals surface area (Å²) in [7, 11) is 1.77. The second kappa shape index (κ2) is 8.67. The van der Waals surface area contributed by atoms with Crippen LogP contribution in [0.5, 0.6) is 17.4 Å². The van der Waals surface area contributed by atoms with E-state index < -0.39 is 0 Å². The quantitative estimate of drug-likeness (QED) is 0.649. The van der Waals surface area contributed by atoms with Crippen LogP contribution in [0.3, 0.4) is 0 Å². The fourth-order valence-electron chi connectivity index (χ4n) is 2.33. The van der Waals surface area contributed by atoms with E-state index in [0.29, 0.717) is 23.9 Å². The van der Waals surface area contributed by atoms with Crippen molar-refractivity contribution in [3.05, 3.63) is 84.6 Å². The van der Waals surface area contributed by atoms with Gasteiger partial charge in [-0.15, -0.1) is 0 Å². The second-order valence-electron chi connectivity index (χ2n) is 5.77. The van der Waals surface area contributed by atoms with Crippen LogP contribution in [0.15, 0.2) is 79.0 Å². The first-order chi connectivity index (χ1) is 12.7. The van der Waals surface area contributed by atoms with Gasteiger partial charge in [0.05, 0.1) is 0 Å². The smallest absolute Gasteiger partial charge is 0.260 e. The van der Waals surface area contributed by atoms with Crippen LogP contribution in [0.25, 0.3) is 0 Å². The predicted octanol–water partition coefficient (Wildman–Crippen LogP) is 3.91. The number of hydrogen-bond donors (Lipinski definition) is 0. The fourth-order valence-corrected chi connectivity index (χ4v) is 2.33. The van der Waals surface area contributed by atoms with Gasteiger partial charge in [-0.05, 0) is 35.9 Å². The maximum atomic E-state index is 12.2. The molecule has 5 nitrogen and oxygen atoms in total. The zero-order valence-electron chi connectivity index (χ0n) is 14.5. The average Bonchev–Trinajstić information content (AvgIpc) is 2.69. The van der Waals surface area contributed by atoms with Gasteiger partial charge >= 0.3 is 0 Å². The highest BCUT2D eigenvalue weighted by molar-refractivity contribution is 5.77. The highest BCUT2D eigenvalue weighted by Crippen LogP contribution is 2.22. The van der Waals surface area contributed by atoms with Gasteiger partial charge in [0.2, 0.25) is 5.88 Å². The highest BCUT2D eigenvalue weighted by atomic mass is 16.5. The van der Waals surface area contributed by atoms with Crippen molar-refractivity contribution in [3.8, 4) is 17.4 Å². The van der Waals surface area contributed by atoms with E-state index in [9.17, 15) is 4.79 Å². The van der Waals surface area contributed by atoms with Crippen molar-refractivity contribution < 1.29 is 14.3 Å². The normalized spacial score (nSPS) is 10.2. The van der Waals surface area contributed by atoms with Gasteiger partial charge in [0.1, 0.15) is 11.5 Å². The fraction of sp³-hybridized carbons (Fsp3) is 0.143. The molecular weight excluding hydrogens is 328 g/mol. The summed E-state index contributed by atoms with van der Waals surface area (Å²) in [6.45, 7) is 0.545. The molecule has 2 aromatic carbocycles. The first kappa shape index (κ1) is 17.5. The molecule has 0 bridgehead atoms. The summed E-state index contributed by atoms with van der Waals surface area (Å²) in [6.07, 6.45) is 1.67. The van der Waals surface area contributed by atoms with Crippen molar-refractivity contribution in [2.45, 2.75) is 6.54 Å². The minimum atomic E-state index is -0.0809. The number of carbonyl (C=O) groups is 1. The minimum absolute atomic E-state index is 0.0101. The number of ether oxygens (including phenoxy) is 2. The third kappa shape index (κ3) is 5.08. The maximum Gasteiger partial charge on any atom is 0.260 e. The van der Waals surface area contributed by atoms with Crippen LogP contribution in [-0.2, 0) is 11.3 Å². The number of hydrogen-bond acceptors (Lipinski definition) is 4. The molecule has 0 radical (unpaired) electrons. The number of likely N-dealkylation sites (N-methyl/N-ethyl adjacent to an activating group) is 1. The molecule has 132 valence electrons. The van der Waals surface area contributed by atoms with Crippen LogP contribution in [0.4, 0.5) is 0 Å². The Bertz CT molecular complexity index is 821. The molecule has 5 heteroatoms. The molecule has 1 heterocycles. The minimum Gasteiger partial charge on any atom is -0.484 e. The van der Waals surface area contributed by atoms with Crippen LogP contribution in [0.2, 0.25) is 0 Å². The number of aromatic nitrogens is 1. The SMILES string of the molecule is CN(Cc1ccccc1)C(=O)COc1ccc(Oc2ccccn2)cc1. The van der Waals surface area contributed by atoms with Gasteiger partial charge in [-0.25, -0.2) is 4.98 Å². The number of carbonyl (C=O) groups excluding carboxylic acids is 1. The lowest BCUT2D eigenvalue weighted by Crippen LogP contribution is -2.30. The molecular formula is C21H20N2O3. The lowest BCUT2D eigenvalue weighted by atomic mass is 10.2. The van der Waals surface area contributed by atoms with Gasteiger partial charge in [-0.3, -0.25) is 4.79 Å². The summed E-state index contributed by atoms with van der Waals surface area (Å²) in [5.41, 5.74) is 1.08. The Labute approximate surface area is 152 Å². The Morgan fingerprint density at radius 2 is 1.62 bits per heavy atom. The summed E-state index contributed by atoms with van der Waals surface area (Å²) < 4.78 is 11.2. The second-order valence-corrected chi connectivity index (χ2v) is 5.77. The van der Waals surface area contributed by atoms with E-state index in [1.54, 1.807) is 48.5 Å². The first-order valence-corrected chi connectivity index (χ1v) is 8.30. The molecule has 3 aromatic rings. The van der Waals surface area contributed by atoms with Crippen LogP contribution in [-0.4, -0.2) is 29.4 Å². The predicted molar refractivity (Wildman–Crippen MR) is 99.2 cm³/mol. The lowest BCUT2D eigenvalue weighted by Gasteiger charge is -2.17. The molecule has 1 aromatic heterocycles. The van der Waals surface area contributed by atoms with E-state index in [2.05, 4.69) is 4.98 Å². The van der Waals surface area contributed by atoms with Crippen molar-refractivity contribution >= 4 is 5.91 Å². The van der Waals surface area contributed by atoms with Crippen molar-refractivity contribution in [2.75, 3.05) is 13.7 Å². The third-order valence-electron chi connectivity index (χ3n) is 3.73. The largest absolute Gasteiger partial charge is 0.484 e. The zero-order valence-corrected chi connectivity index (χ0v) is 14.5. The zero-order chi connectivity index (χ0) is 18.2. The monoisotopic (exact) mass is 348 g/mol. The Kier molecular flexibility index (Phi) is 5.83. The van der Waals surface area contributed by atoms with Gasteiger partial charge in [0.15, 0.2) is 6.61 Å². The molecule has 0 atom stereocenters. The molecule has 1 amide bonds. The standard InChI is InChI=1S/C21H20N2O3/c1-23(15-17-7-3-2-4-8-17)21(24)16-25-18-10-12-19(13-11-18)26-20-9-5-6-14-22-20/h2-14H,15-16H2,1H3. The Morgan fingerprint density at radius 1 is 0.923 bits per heavy atom. The highest BCUT2D eigenvalue weighted by Gasteiger charge is 2.10. The summed E-state index contributed by atoms with van der Waals surface area (Å²) in [6, 6.07) is 22.4. The summed E-state index contributed by atoms with van der Waals surface area (Å²) >= 11 is 0. The van der Waals surface area contributed by atoms with E-state index in [4.69, 9.17) is 9.47 Å². The number of amides is 1.